The average molecular weight is 491 g/mol. The van der Waals surface area contributed by atoms with Crippen LogP contribution in [0.5, 0.6) is 5.75 Å². The van der Waals surface area contributed by atoms with Gasteiger partial charge in [0.2, 0.25) is 5.91 Å². The van der Waals surface area contributed by atoms with Gasteiger partial charge in [0, 0.05) is 30.5 Å². The van der Waals surface area contributed by atoms with Crippen LogP contribution in [0.15, 0.2) is 60.8 Å². The van der Waals surface area contributed by atoms with E-state index in [1.165, 1.54) is 15.4 Å². The third-order valence-corrected chi connectivity index (χ3v) is 7.86. The summed E-state index contributed by atoms with van der Waals surface area (Å²) < 4.78 is 7.44. The molecule has 8 nitrogen and oxygen atoms in total. The lowest BCUT2D eigenvalue weighted by molar-refractivity contribution is -0.945. The van der Waals surface area contributed by atoms with E-state index in [0.29, 0.717) is 18.5 Å². The summed E-state index contributed by atoms with van der Waals surface area (Å²) in [6, 6.07) is 18.9. The molecule has 2 unspecified atom stereocenters. The Balaban J connectivity index is 1.12. The van der Waals surface area contributed by atoms with Crippen LogP contribution in [0.1, 0.15) is 29.7 Å². The predicted molar refractivity (Wildman–Crippen MR) is 136 cm³/mol. The minimum absolute atomic E-state index is 0.0845. The van der Waals surface area contributed by atoms with Crippen molar-refractivity contribution in [2.75, 3.05) is 27.2 Å². The van der Waals surface area contributed by atoms with Crippen molar-refractivity contribution in [2.24, 2.45) is 11.8 Å². The number of ether oxygens (including phenoxy) is 1. The molecular weight excluding hydrogens is 452 g/mol. The largest absolute Gasteiger partial charge is 0.496 e. The Morgan fingerprint density at radius 2 is 1.97 bits per heavy atom. The quantitative estimate of drug-likeness (QED) is 0.377. The number of hydrogen-bond acceptors (Lipinski definition) is 4. The number of amides is 1. The average Bonchev–Trinajstić information content (AvgIpc) is 3.34. The van der Waals surface area contributed by atoms with Crippen LogP contribution >= 0.6 is 0 Å². The topological polar surface area (TPSA) is 77.9 Å². The maximum atomic E-state index is 13.1. The van der Waals surface area contributed by atoms with E-state index in [1.807, 2.05) is 28.9 Å². The van der Waals surface area contributed by atoms with Crippen molar-refractivity contribution in [2.45, 2.75) is 45.1 Å². The van der Waals surface area contributed by atoms with Crippen molar-refractivity contribution < 1.29 is 19.3 Å². The SMILES string of the molecule is COc1ccccc1CNC(=O)[C@H]1C[NH+]2CC[C@@H]1C[C@@H]2Cn1cc(C[NH+](C)Cc2ccccc2)nn1. The second-order valence-corrected chi connectivity index (χ2v) is 10.5. The number of para-hydroxylation sites is 1. The van der Waals surface area contributed by atoms with Gasteiger partial charge < -0.3 is 19.9 Å². The standard InChI is InChI=1S/C28H36N6O2/c1-32(16-21-8-4-3-5-9-21)17-24-18-34(31-30-24)19-25-14-22-12-13-33(25)20-26(22)28(35)29-15-23-10-6-7-11-27(23)36-2/h3-11,18,22,25-26H,12-17,19-20H2,1-2H3,(H,29,35)/p+2/t22-,25-,26+/m1/s1. The maximum absolute atomic E-state index is 13.1. The molecule has 6 rings (SSSR count). The molecule has 36 heavy (non-hydrogen) atoms. The second-order valence-electron chi connectivity index (χ2n) is 10.5. The number of methoxy groups -OCH3 is 1. The second kappa shape index (κ2) is 11.2. The molecule has 1 aromatic heterocycles. The first-order valence-corrected chi connectivity index (χ1v) is 13.1. The molecule has 3 aliphatic heterocycles. The molecule has 8 heteroatoms. The maximum Gasteiger partial charge on any atom is 0.229 e. The highest BCUT2D eigenvalue weighted by molar-refractivity contribution is 5.79. The minimum Gasteiger partial charge on any atom is -0.496 e. The van der Waals surface area contributed by atoms with Crippen LogP contribution in [0.3, 0.4) is 0 Å². The molecule has 2 aromatic carbocycles. The van der Waals surface area contributed by atoms with Crippen LogP contribution in [0, 0.1) is 11.8 Å². The summed E-state index contributed by atoms with van der Waals surface area (Å²) in [4.78, 5) is 16.0. The van der Waals surface area contributed by atoms with Gasteiger partial charge in [0.1, 0.15) is 30.6 Å². The number of aromatic nitrogens is 3. The Bertz CT molecular complexity index is 1150. The van der Waals surface area contributed by atoms with Crippen LogP contribution < -0.4 is 19.9 Å². The highest BCUT2D eigenvalue weighted by Crippen LogP contribution is 2.28. The van der Waals surface area contributed by atoms with Crippen LogP contribution in [-0.2, 0) is 31.0 Å². The van der Waals surface area contributed by atoms with Gasteiger partial charge in [-0.25, -0.2) is 4.68 Å². The monoisotopic (exact) mass is 490 g/mol. The van der Waals surface area contributed by atoms with E-state index in [9.17, 15) is 4.79 Å². The highest BCUT2D eigenvalue weighted by Gasteiger charge is 2.46. The van der Waals surface area contributed by atoms with Gasteiger partial charge >= 0.3 is 0 Å². The predicted octanol–water partition coefficient (Wildman–Crippen LogP) is 0.111. The van der Waals surface area contributed by atoms with Crippen molar-refractivity contribution >= 4 is 5.91 Å². The van der Waals surface area contributed by atoms with E-state index in [2.05, 4.69) is 59.2 Å². The number of carbonyl (C=O) groups is 1. The smallest absolute Gasteiger partial charge is 0.229 e. The zero-order valence-corrected chi connectivity index (χ0v) is 21.3. The van der Waals surface area contributed by atoms with E-state index < -0.39 is 0 Å². The van der Waals surface area contributed by atoms with Gasteiger partial charge in [-0.3, -0.25) is 4.79 Å². The molecule has 3 saturated heterocycles. The molecule has 0 spiro atoms. The van der Waals surface area contributed by atoms with Crippen LogP contribution in [0.4, 0.5) is 0 Å². The number of nitrogens with one attached hydrogen (secondary N) is 3. The van der Waals surface area contributed by atoms with Gasteiger partial charge in [-0.2, -0.15) is 0 Å². The fourth-order valence-corrected chi connectivity index (χ4v) is 6.03. The first-order valence-electron chi connectivity index (χ1n) is 13.1. The summed E-state index contributed by atoms with van der Waals surface area (Å²) in [7, 11) is 3.86. The third-order valence-electron chi connectivity index (χ3n) is 7.86. The van der Waals surface area contributed by atoms with E-state index in [0.717, 1.165) is 62.6 Å². The summed E-state index contributed by atoms with van der Waals surface area (Å²) in [5.74, 6) is 1.52. The molecule has 1 amide bonds. The van der Waals surface area contributed by atoms with Crippen molar-refractivity contribution in [1.29, 1.82) is 0 Å². The number of rotatable bonds is 10. The number of nitrogens with zero attached hydrogens (tertiary/aromatic N) is 3. The zero-order chi connectivity index (χ0) is 24.9. The van der Waals surface area contributed by atoms with Gasteiger partial charge in [-0.05, 0) is 12.0 Å². The number of quaternary nitrogens is 2. The number of hydrogen-bond donors (Lipinski definition) is 3. The fraction of sp³-hybridized carbons (Fsp3) is 0.464. The molecule has 3 fully saturated rings. The van der Waals surface area contributed by atoms with Crippen molar-refractivity contribution in [3.8, 4) is 5.75 Å². The van der Waals surface area contributed by atoms with Gasteiger partial charge in [0.25, 0.3) is 0 Å². The van der Waals surface area contributed by atoms with Crippen LogP contribution in [0.2, 0.25) is 0 Å². The Kier molecular flexibility index (Phi) is 7.63. The van der Waals surface area contributed by atoms with Crippen molar-refractivity contribution in [1.82, 2.24) is 20.3 Å². The lowest BCUT2D eigenvalue weighted by Crippen LogP contribution is -3.20. The van der Waals surface area contributed by atoms with Gasteiger partial charge in [-0.1, -0.05) is 53.7 Å². The summed E-state index contributed by atoms with van der Waals surface area (Å²) in [5.41, 5.74) is 3.37. The molecule has 5 atom stereocenters. The van der Waals surface area contributed by atoms with Gasteiger partial charge in [0.15, 0.2) is 0 Å². The Hall–Kier alpha value is -3.23. The molecular formula is C28H38N6O2+2. The molecule has 2 bridgehead atoms. The Morgan fingerprint density at radius 1 is 1.17 bits per heavy atom. The normalized spacial score (nSPS) is 23.8. The number of carbonyl (C=O) groups excluding carboxylic acids is 1. The van der Waals surface area contributed by atoms with Crippen LogP contribution in [0.25, 0.3) is 0 Å². The molecule has 0 radical (unpaired) electrons. The third kappa shape index (κ3) is 5.77. The summed E-state index contributed by atoms with van der Waals surface area (Å²) >= 11 is 0. The van der Waals surface area contributed by atoms with Crippen molar-refractivity contribution in [3.63, 3.8) is 0 Å². The van der Waals surface area contributed by atoms with E-state index >= 15 is 0 Å². The number of fused-ring (bicyclic) bond motifs is 3. The van der Waals surface area contributed by atoms with Crippen molar-refractivity contribution in [3.05, 3.63) is 77.6 Å². The Labute approximate surface area is 213 Å². The van der Waals surface area contributed by atoms with E-state index in [1.54, 1.807) is 7.11 Å². The lowest BCUT2D eigenvalue weighted by Gasteiger charge is -2.46. The first kappa shape index (κ1) is 24.5. The fourth-order valence-electron chi connectivity index (χ4n) is 6.03. The minimum atomic E-state index is 0.0845. The summed E-state index contributed by atoms with van der Waals surface area (Å²) in [6.45, 7) is 5.23. The summed E-state index contributed by atoms with van der Waals surface area (Å²) in [5, 5.41) is 12.1. The first-order chi connectivity index (χ1) is 17.6. The molecule has 0 saturated carbocycles. The molecule has 3 aromatic rings. The lowest BCUT2D eigenvalue weighted by atomic mass is 9.75. The molecule has 190 valence electrons. The highest BCUT2D eigenvalue weighted by atomic mass is 16.5. The van der Waals surface area contributed by atoms with Gasteiger partial charge in [0.05, 0.1) is 45.9 Å². The van der Waals surface area contributed by atoms with Gasteiger partial charge in [-0.15, -0.1) is 5.10 Å². The van der Waals surface area contributed by atoms with Crippen LogP contribution in [-0.4, -0.2) is 54.2 Å². The molecule has 4 heterocycles. The molecule has 0 aliphatic carbocycles. The molecule has 3 N–H and O–H groups in total. The number of piperidine rings is 3. The molecule has 3 aliphatic rings. The summed E-state index contributed by atoms with van der Waals surface area (Å²) in [6.07, 6.45) is 4.29. The zero-order valence-electron chi connectivity index (χ0n) is 21.3. The van der Waals surface area contributed by atoms with E-state index in [4.69, 9.17) is 4.74 Å². The van der Waals surface area contributed by atoms with E-state index in [-0.39, 0.29) is 11.8 Å². The number of benzene rings is 2. The Morgan fingerprint density at radius 3 is 2.75 bits per heavy atom.